The number of halogens is 1. The van der Waals surface area contributed by atoms with Gasteiger partial charge in [0.05, 0.1) is 31.3 Å². The second kappa shape index (κ2) is 18.7. The number of anilines is 2. The molecule has 0 aliphatic carbocycles. The van der Waals surface area contributed by atoms with Gasteiger partial charge in [0, 0.05) is 13.1 Å². The fraction of sp³-hybridized carbons (Fsp3) is 0.314. The summed E-state index contributed by atoms with van der Waals surface area (Å²) >= 11 is 0. The number of hydrogen-bond acceptors (Lipinski definition) is 15. The second-order valence-electron chi connectivity index (χ2n) is 12.7. The minimum Gasteiger partial charge on any atom is -0.478 e. The van der Waals surface area contributed by atoms with Crippen molar-refractivity contribution in [3.8, 4) is 18.0 Å². The van der Waals surface area contributed by atoms with Gasteiger partial charge < -0.3 is 50.7 Å². The van der Waals surface area contributed by atoms with Crippen molar-refractivity contribution in [3.05, 3.63) is 81.3 Å². The first-order valence-corrected chi connectivity index (χ1v) is 16.8. The number of aromatic nitrogens is 8. The molecule has 0 spiro atoms. The number of carboxylic acid groups (broad SMARTS) is 2. The number of carboxylic acids is 2. The molecule has 0 radical (unpaired) electrons. The lowest BCUT2D eigenvalue weighted by Gasteiger charge is -2.11. The molecule has 56 heavy (non-hydrogen) atoms. The van der Waals surface area contributed by atoms with Gasteiger partial charge in [0.15, 0.2) is 28.4 Å². The van der Waals surface area contributed by atoms with E-state index >= 15 is 0 Å². The number of likely N-dealkylation sites (N-methyl/N-ethyl adjacent to an activating group) is 2. The molecule has 0 amide bonds. The Morgan fingerprint density at radius 3 is 1.64 bits per heavy atom. The van der Waals surface area contributed by atoms with Crippen LogP contribution >= 0.6 is 12.4 Å². The van der Waals surface area contributed by atoms with E-state index in [4.69, 9.17) is 35.9 Å². The first kappa shape index (κ1) is 42.2. The number of nitrogen functional groups attached to an aromatic ring is 2. The number of fused-ring (bicyclic) bond motifs is 2. The fourth-order valence-corrected chi connectivity index (χ4v) is 5.10. The molecule has 0 aliphatic rings. The van der Waals surface area contributed by atoms with Gasteiger partial charge in [0.1, 0.15) is 18.7 Å². The number of nitrogens with one attached hydrogen (secondary N) is 1. The molecule has 20 nitrogen and oxygen atoms in total. The molecule has 0 bridgehead atoms. The smallest absolute Gasteiger partial charge is 0.335 e. The molecular weight excluding hydrogens is 752 g/mol. The van der Waals surface area contributed by atoms with Crippen LogP contribution in [0.2, 0.25) is 0 Å². The first-order valence-electron chi connectivity index (χ1n) is 16.8. The van der Waals surface area contributed by atoms with Crippen LogP contribution in [-0.2, 0) is 13.1 Å². The van der Waals surface area contributed by atoms with Gasteiger partial charge in [-0.2, -0.15) is 24.9 Å². The van der Waals surface area contributed by atoms with E-state index in [0.717, 1.165) is 11.1 Å². The molecule has 298 valence electrons. The Kier molecular flexibility index (Phi) is 14.1. The zero-order valence-corrected chi connectivity index (χ0v) is 32.1. The molecule has 0 aliphatic heterocycles. The van der Waals surface area contributed by atoms with Crippen molar-refractivity contribution in [1.29, 1.82) is 0 Å². The summed E-state index contributed by atoms with van der Waals surface area (Å²) < 4.78 is 19.6. The molecule has 21 heteroatoms. The zero-order chi connectivity index (χ0) is 39.8. The highest BCUT2D eigenvalue weighted by Gasteiger charge is 2.19. The van der Waals surface area contributed by atoms with E-state index in [-0.39, 0.29) is 53.7 Å². The van der Waals surface area contributed by atoms with E-state index in [9.17, 15) is 14.4 Å². The molecule has 6 rings (SSSR count). The third-order valence-electron chi connectivity index (χ3n) is 8.00. The predicted octanol–water partition coefficient (Wildman–Crippen LogP) is 1.91. The zero-order valence-electron chi connectivity index (χ0n) is 31.3. The summed E-state index contributed by atoms with van der Waals surface area (Å²) in [6.07, 6.45) is 0. The number of ether oxygens (including phenoxy) is 3. The predicted molar refractivity (Wildman–Crippen MR) is 209 cm³/mol. The van der Waals surface area contributed by atoms with E-state index in [1.807, 2.05) is 38.0 Å². The summed E-state index contributed by atoms with van der Waals surface area (Å²) in [5, 5.41) is 18.0. The van der Waals surface area contributed by atoms with Gasteiger partial charge in [-0.05, 0) is 63.6 Å². The average Bonchev–Trinajstić information content (AvgIpc) is 3.65. The topological polar surface area (TPSA) is 268 Å². The maximum atomic E-state index is 12.3. The summed E-state index contributed by atoms with van der Waals surface area (Å²) in [7, 11) is 9.22. The van der Waals surface area contributed by atoms with Gasteiger partial charge in [0.25, 0.3) is 6.01 Å². The number of imidazole rings is 2. The highest BCUT2D eigenvalue weighted by atomic mass is 35.5. The average molecular weight is 795 g/mol. The number of methoxy groups -OCH3 is 1. The number of aromatic carboxylic acids is 2. The standard InChI is InChI=1S/C18H22N6O4.C17H20N6O4.ClH/c1-23(2)8-9-28-17-21-14(19)13-15(22-17)24(18(20-13)27-3)10-11-4-6-12(7-5-11)16(25)26;1-22(2)7-8-27-16-20-13(18)12-14(21-16)23(17(26)19-12)9-10-3-5-11(6-4-10)15(24)25;/h4-7H,8-10H2,1-3H3,(H,25,26)(H2,19,21,22);3-6H,7-9H2,1-2H3,(H,19,26)(H,24,25)(H2,18,20,21);1H. The largest absolute Gasteiger partial charge is 0.478 e. The molecule has 0 saturated carbocycles. The Labute approximate surface area is 326 Å². The van der Waals surface area contributed by atoms with Crippen molar-refractivity contribution in [2.75, 3.05) is 73.1 Å². The Morgan fingerprint density at radius 2 is 1.18 bits per heavy atom. The van der Waals surface area contributed by atoms with Crippen LogP contribution in [0.3, 0.4) is 0 Å². The Bertz CT molecular complexity index is 2340. The van der Waals surface area contributed by atoms with Crippen molar-refractivity contribution >= 4 is 58.3 Å². The lowest BCUT2D eigenvalue weighted by atomic mass is 10.1. The van der Waals surface area contributed by atoms with Crippen molar-refractivity contribution in [2.24, 2.45) is 0 Å². The highest BCUT2D eigenvalue weighted by molar-refractivity contribution is 5.88. The number of carbonyl (C=O) groups is 2. The monoisotopic (exact) mass is 794 g/mol. The van der Waals surface area contributed by atoms with Crippen molar-refractivity contribution < 1.29 is 34.0 Å². The van der Waals surface area contributed by atoms with Gasteiger partial charge in [0.2, 0.25) is 0 Å². The van der Waals surface area contributed by atoms with Crippen molar-refractivity contribution in [1.82, 2.24) is 48.8 Å². The first-order chi connectivity index (χ1) is 26.2. The van der Waals surface area contributed by atoms with Crippen molar-refractivity contribution in [3.63, 3.8) is 0 Å². The molecule has 4 aromatic heterocycles. The summed E-state index contributed by atoms with van der Waals surface area (Å²) in [5.74, 6) is -1.66. The van der Waals surface area contributed by atoms with Crippen LogP contribution in [0.4, 0.5) is 11.6 Å². The maximum Gasteiger partial charge on any atom is 0.335 e. The maximum absolute atomic E-state index is 12.3. The number of nitrogens with two attached hydrogens (primary N) is 2. The number of rotatable bonds is 15. The van der Waals surface area contributed by atoms with Gasteiger partial charge in [-0.25, -0.2) is 14.4 Å². The quantitative estimate of drug-likeness (QED) is 0.0993. The minimum atomic E-state index is -1.01. The van der Waals surface area contributed by atoms with Gasteiger partial charge >= 0.3 is 29.6 Å². The van der Waals surface area contributed by atoms with Crippen LogP contribution < -0.4 is 31.4 Å². The van der Waals surface area contributed by atoms with Crippen LogP contribution in [0.1, 0.15) is 31.8 Å². The van der Waals surface area contributed by atoms with Crippen molar-refractivity contribution in [2.45, 2.75) is 13.1 Å². The number of H-pyrrole nitrogens is 1. The van der Waals surface area contributed by atoms with E-state index in [1.165, 1.54) is 23.8 Å². The summed E-state index contributed by atoms with van der Waals surface area (Å²) in [6, 6.07) is 13.4. The molecule has 2 aromatic carbocycles. The Balaban J connectivity index is 0.000000244. The van der Waals surface area contributed by atoms with Crippen LogP contribution in [-0.4, -0.2) is 133 Å². The summed E-state index contributed by atoms with van der Waals surface area (Å²) in [4.78, 5) is 62.2. The van der Waals surface area contributed by atoms with E-state index in [1.54, 1.807) is 41.0 Å². The molecule has 4 heterocycles. The third-order valence-corrected chi connectivity index (χ3v) is 8.00. The number of nitrogens with zero attached hydrogens (tertiary/aromatic N) is 9. The van der Waals surface area contributed by atoms with E-state index < -0.39 is 17.6 Å². The minimum absolute atomic E-state index is 0. The molecule has 0 atom stereocenters. The molecular formula is C35H43ClN12O8. The van der Waals surface area contributed by atoms with Gasteiger partial charge in [-0.15, -0.1) is 12.4 Å². The number of benzene rings is 2. The Hall–Kier alpha value is -6.51. The van der Waals surface area contributed by atoms with Crippen LogP contribution in [0.15, 0.2) is 53.3 Å². The summed E-state index contributed by atoms with van der Waals surface area (Å²) in [5.41, 5.74) is 15.1. The van der Waals surface area contributed by atoms with E-state index in [2.05, 4.69) is 29.9 Å². The van der Waals surface area contributed by atoms with Crippen LogP contribution in [0.5, 0.6) is 18.0 Å². The highest BCUT2D eigenvalue weighted by Crippen LogP contribution is 2.26. The van der Waals surface area contributed by atoms with Gasteiger partial charge in [-0.1, -0.05) is 24.3 Å². The summed E-state index contributed by atoms with van der Waals surface area (Å²) in [6.45, 7) is 2.75. The molecule has 6 aromatic rings. The van der Waals surface area contributed by atoms with E-state index in [0.29, 0.717) is 61.2 Å². The lowest BCUT2D eigenvalue weighted by Crippen LogP contribution is -2.20. The molecule has 7 N–H and O–H groups in total. The molecule has 0 saturated heterocycles. The fourth-order valence-electron chi connectivity index (χ4n) is 5.10. The van der Waals surface area contributed by atoms with Crippen LogP contribution in [0, 0.1) is 0 Å². The van der Waals surface area contributed by atoms with Crippen LogP contribution in [0.25, 0.3) is 22.3 Å². The third kappa shape index (κ3) is 10.4. The van der Waals surface area contributed by atoms with Gasteiger partial charge in [-0.3, -0.25) is 9.13 Å². The normalized spacial score (nSPS) is 11.0. The molecule has 0 unspecified atom stereocenters. The number of aromatic amines is 1. The Morgan fingerprint density at radius 1 is 0.714 bits per heavy atom. The molecule has 0 fully saturated rings. The SMILES string of the molecule is CN(C)CCOc1nc(N)c2[nH]c(=O)n(Cc3ccc(C(=O)O)cc3)c2n1.COc1nc2c(N)nc(OCCN(C)C)nc2n1Cc1ccc(C(=O)O)cc1.Cl. The number of hydrogen-bond donors (Lipinski definition) is 5. The second-order valence-corrected chi connectivity index (χ2v) is 12.7. The lowest BCUT2D eigenvalue weighted by molar-refractivity contribution is 0.0686.